The minimum absolute atomic E-state index is 0.0409. The lowest BCUT2D eigenvalue weighted by Crippen LogP contribution is -2.15. The van der Waals surface area contributed by atoms with E-state index in [1.807, 2.05) is 7.05 Å². The first-order valence-corrected chi connectivity index (χ1v) is 5.83. The highest BCUT2D eigenvalue weighted by Crippen LogP contribution is 2.27. The summed E-state index contributed by atoms with van der Waals surface area (Å²) in [6.07, 6.45) is 1.27. The molecule has 0 spiro atoms. The van der Waals surface area contributed by atoms with Crippen LogP contribution in [0.5, 0.6) is 5.75 Å². The van der Waals surface area contributed by atoms with Gasteiger partial charge in [0.15, 0.2) is 0 Å². The quantitative estimate of drug-likeness (QED) is 0.768. The van der Waals surface area contributed by atoms with Gasteiger partial charge in [-0.15, -0.1) is 0 Å². The molecule has 17 heavy (non-hydrogen) atoms. The Hall–Kier alpha value is -1.26. The van der Waals surface area contributed by atoms with E-state index in [1.54, 1.807) is 25.3 Å². The molecule has 0 heterocycles. The smallest absolute Gasteiger partial charge is 0.224 e. The maximum absolute atomic E-state index is 11.6. The second-order valence-electron chi connectivity index (χ2n) is 3.60. The van der Waals surface area contributed by atoms with Crippen molar-refractivity contribution in [1.29, 1.82) is 0 Å². The highest BCUT2D eigenvalue weighted by Gasteiger charge is 2.07. The zero-order valence-corrected chi connectivity index (χ0v) is 10.8. The lowest BCUT2D eigenvalue weighted by Gasteiger charge is -2.10. The average Bonchev–Trinajstić information content (AvgIpc) is 2.29. The van der Waals surface area contributed by atoms with Crippen molar-refractivity contribution in [2.75, 3.05) is 26.0 Å². The third-order valence-corrected chi connectivity index (χ3v) is 2.50. The summed E-state index contributed by atoms with van der Waals surface area (Å²) in [6.45, 7) is 0.820. The maximum atomic E-state index is 11.6. The third kappa shape index (κ3) is 4.63. The molecule has 0 aliphatic carbocycles. The summed E-state index contributed by atoms with van der Waals surface area (Å²) in [5, 5.41) is 6.34. The highest BCUT2D eigenvalue weighted by molar-refractivity contribution is 6.31. The van der Waals surface area contributed by atoms with Crippen LogP contribution in [0.2, 0.25) is 5.02 Å². The van der Waals surface area contributed by atoms with E-state index in [9.17, 15) is 4.79 Å². The van der Waals surface area contributed by atoms with Gasteiger partial charge >= 0.3 is 0 Å². The molecular formula is C12H17ClN2O2. The van der Waals surface area contributed by atoms with E-state index in [0.29, 0.717) is 22.9 Å². The summed E-state index contributed by atoms with van der Waals surface area (Å²) in [7, 11) is 3.41. The second kappa shape index (κ2) is 7.14. The number of methoxy groups -OCH3 is 1. The Morgan fingerprint density at radius 1 is 1.47 bits per heavy atom. The lowest BCUT2D eigenvalue weighted by atomic mass is 10.2. The SMILES string of the molecule is CNCCCC(=O)Nc1cc(Cl)ccc1OC. The van der Waals surface area contributed by atoms with Crippen molar-refractivity contribution in [3.8, 4) is 5.75 Å². The summed E-state index contributed by atoms with van der Waals surface area (Å²) in [4.78, 5) is 11.6. The number of benzene rings is 1. The molecule has 0 atom stereocenters. The first kappa shape index (κ1) is 13.8. The zero-order valence-electron chi connectivity index (χ0n) is 10.0. The van der Waals surface area contributed by atoms with Crippen LogP contribution >= 0.6 is 11.6 Å². The van der Waals surface area contributed by atoms with E-state index >= 15 is 0 Å². The number of anilines is 1. The van der Waals surface area contributed by atoms with Crippen LogP contribution in [0.1, 0.15) is 12.8 Å². The molecule has 94 valence electrons. The van der Waals surface area contributed by atoms with Crippen LogP contribution < -0.4 is 15.4 Å². The highest BCUT2D eigenvalue weighted by atomic mass is 35.5. The monoisotopic (exact) mass is 256 g/mol. The van der Waals surface area contributed by atoms with E-state index in [4.69, 9.17) is 16.3 Å². The molecule has 0 fully saturated rings. The fraction of sp³-hybridized carbons (Fsp3) is 0.417. The Bertz CT molecular complexity index is 383. The van der Waals surface area contributed by atoms with Gasteiger partial charge in [-0.2, -0.15) is 0 Å². The second-order valence-corrected chi connectivity index (χ2v) is 4.04. The fourth-order valence-electron chi connectivity index (χ4n) is 1.42. The van der Waals surface area contributed by atoms with Gasteiger partial charge in [0.2, 0.25) is 5.91 Å². The van der Waals surface area contributed by atoms with Crippen LogP contribution in [-0.4, -0.2) is 26.6 Å². The molecule has 0 saturated carbocycles. The molecule has 5 heteroatoms. The van der Waals surface area contributed by atoms with Gasteiger partial charge in [0.25, 0.3) is 0 Å². The first-order chi connectivity index (χ1) is 8.17. The number of hydrogen-bond acceptors (Lipinski definition) is 3. The van der Waals surface area contributed by atoms with E-state index in [0.717, 1.165) is 13.0 Å². The van der Waals surface area contributed by atoms with Crippen molar-refractivity contribution in [1.82, 2.24) is 5.32 Å². The molecular weight excluding hydrogens is 240 g/mol. The minimum atomic E-state index is -0.0409. The largest absolute Gasteiger partial charge is 0.495 e. The molecule has 0 unspecified atom stereocenters. The molecule has 0 saturated heterocycles. The molecule has 1 amide bonds. The number of rotatable bonds is 6. The molecule has 0 aromatic heterocycles. The Labute approximate surface area is 106 Å². The van der Waals surface area contributed by atoms with Crippen LogP contribution in [0, 0.1) is 0 Å². The van der Waals surface area contributed by atoms with Crippen molar-refractivity contribution in [3.05, 3.63) is 23.2 Å². The molecule has 1 aromatic carbocycles. The predicted octanol–water partition coefficient (Wildman–Crippen LogP) is 2.29. The average molecular weight is 257 g/mol. The summed E-state index contributed by atoms with van der Waals surface area (Å²) in [6, 6.07) is 5.12. The van der Waals surface area contributed by atoms with Gasteiger partial charge in [-0.3, -0.25) is 4.79 Å². The Morgan fingerprint density at radius 2 is 2.24 bits per heavy atom. The topological polar surface area (TPSA) is 50.4 Å². The van der Waals surface area contributed by atoms with Gasteiger partial charge in [-0.05, 0) is 38.2 Å². The van der Waals surface area contributed by atoms with E-state index in [2.05, 4.69) is 10.6 Å². The van der Waals surface area contributed by atoms with Crippen LogP contribution in [0.25, 0.3) is 0 Å². The minimum Gasteiger partial charge on any atom is -0.495 e. The van der Waals surface area contributed by atoms with Crippen LogP contribution in [-0.2, 0) is 4.79 Å². The number of carbonyl (C=O) groups excluding carboxylic acids is 1. The van der Waals surface area contributed by atoms with E-state index in [1.165, 1.54) is 0 Å². The standard InChI is InChI=1S/C12H17ClN2O2/c1-14-7-3-4-12(16)15-10-8-9(13)5-6-11(10)17-2/h5-6,8,14H,3-4,7H2,1-2H3,(H,15,16). The summed E-state index contributed by atoms with van der Waals surface area (Å²) in [5.41, 5.74) is 0.606. The van der Waals surface area contributed by atoms with Crippen molar-refractivity contribution in [2.45, 2.75) is 12.8 Å². The number of ether oxygens (including phenoxy) is 1. The van der Waals surface area contributed by atoms with Gasteiger partial charge in [0.05, 0.1) is 12.8 Å². The molecule has 0 aliphatic heterocycles. The van der Waals surface area contributed by atoms with Crippen molar-refractivity contribution < 1.29 is 9.53 Å². The molecule has 0 bridgehead atoms. The van der Waals surface area contributed by atoms with Gasteiger partial charge < -0.3 is 15.4 Å². The Kier molecular flexibility index (Phi) is 5.80. The van der Waals surface area contributed by atoms with Crippen LogP contribution in [0.3, 0.4) is 0 Å². The van der Waals surface area contributed by atoms with E-state index < -0.39 is 0 Å². The summed E-state index contributed by atoms with van der Waals surface area (Å²) >= 11 is 5.87. The van der Waals surface area contributed by atoms with Crippen LogP contribution in [0.4, 0.5) is 5.69 Å². The summed E-state index contributed by atoms with van der Waals surface area (Å²) < 4.78 is 5.14. The number of amides is 1. The molecule has 2 N–H and O–H groups in total. The van der Waals surface area contributed by atoms with Crippen LogP contribution in [0.15, 0.2) is 18.2 Å². The third-order valence-electron chi connectivity index (χ3n) is 2.27. The molecule has 0 radical (unpaired) electrons. The van der Waals surface area contributed by atoms with Crippen molar-refractivity contribution in [3.63, 3.8) is 0 Å². The van der Waals surface area contributed by atoms with Gasteiger partial charge in [-0.1, -0.05) is 11.6 Å². The van der Waals surface area contributed by atoms with Crippen molar-refractivity contribution in [2.24, 2.45) is 0 Å². The normalized spacial score (nSPS) is 10.1. The summed E-state index contributed by atoms with van der Waals surface area (Å²) in [5.74, 6) is 0.567. The van der Waals surface area contributed by atoms with Gasteiger partial charge in [0.1, 0.15) is 5.75 Å². The van der Waals surface area contributed by atoms with E-state index in [-0.39, 0.29) is 5.91 Å². The Balaban J connectivity index is 2.60. The zero-order chi connectivity index (χ0) is 12.7. The van der Waals surface area contributed by atoms with Crippen molar-refractivity contribution >= 4 is 23.2 Å². The Morgan fingerprint density at radius 3 is 2.88 bits per heavy atom. The fourth-order valence-corrected chi connectivity index (χ4v) is 1.59. The lowest BCUT2D eigenvalue weighted by molar-refractivity contribution is -0.116. The van der Waals surface area contributed by atoms with Gasteiger partial charge in [0, 0.05) is 11.4 Å². The molecule has 4 nitrogen and oxygen atoms in total. The molecule has 0 aliphatic rings. The molecule has 1 aromatic rings. The maximum Gasteiger partial charge on any atom is 0.224 e. The first-order valence-electron chi connectivity index (χ1n) is 5.45. The number of nitrogens with one attached hydrogen (secondary N) is 2. The number of carbonyl (C=O) groups is 1. The molecule has 1 rings (SSSR count). The van der Waals surface area contributed by atoms with Gasteiger partial charge in [-0.25, -0.2) is 0 Å². The predicted molar refractivity (Wildman–Crippen MR) is 69.8 cm³/mol. The number of halogens is 1. The number of hydrogen-bond donors (Lipinski definition) is 2.